The fourth-order valence-corrected chi connectivity index (χ4v) is 8.25. The maximum absolute atomic E-state index is 13.4. The first kappa shape index (κ1) is 37.2. The first-order valence-electron chi connectivity index (χ1n) is 19.0. The number of rotatable bonds is 19. The minimum absolute atomic E-state index is 0.0230. The lowest BCUT2D eigenvalue weighted by atomic mass is 9.77. The van der Waals surface area contributed by atoms with Crippen LogP contribution in [-0.2, 0) is 19.7 Å². The molecule has 3 heterocycles. The molecule has 3 aromatic rings. The molecule has 2 aromatic carbocycles. The van der Waals surface area contributed by atoms with Gasteiger partial charge in [0.2, 0.25) is 5.91 Å². The molecule has 1 unspecified atom stereocenters. The van der Waals surface area contributed by atoms with Gasteiger partial charge in [-0.1, -0.05) is 84.3 Å². The van der Waals surface area contributed by atoms with Crippen LogP contribution in [0.1, 0.15) is 117 Å². The average molecular weight is 690 g/mol. The molecule has 7 nitrogen and oxygen atoms in total. The summed E-state index contributed by atoms with van der Waals surface area (Å²) in [7, 11) is 0. The molecule has 0 bridgehead atoms. The number of ether oxygens (including phenoxy) is 2. The summed E-state index contributed by atoms with van der Waals surface area (Å²) in [6.07, 6.45) is 12.9. The topological polar surface area (TPSA) is 62.3 Å². The molecule has 0 radical (unpaired) electrons. The Morgan fingerprint density at radius 3 is 2.37 bits per heavy atom. The number of fused-ring (bicyclic) bond motifs is 2. The Balaban J connectivity index is 1.05. The molecule has 5 rings (SSSR count). The molecule has 2 aliphatic rings. The molecule has 1 amide bonds. The fourth-order valence-electron chi connectivity index (χ4n) is 7.44. The van der Waals surface area contributed by atoms with E-state index < -0.39 is 6.23 Å². The monoisotopic (exact) mass is 689 g/mol. The zero-order valence-corrected chi connectivity index (χ0v) is 31.3. The van der Waals surface area contributed by atoms with Crippen molar-refractivity contribution in [2.45, 2.75) is 123 Å². The second kappa shape index (κ2) is 18.2. The number of nitrogens with zero attached hydrogens (tertiary/aromatic N) is 3. The number of hydrogen-bond acceptors (Lipinski definition) is 7. The molecular weight excluding hydrogens is 631 g/mol. The molecule has 8 heteroatoms. The quantitative estimate of drug-likeness (QED) is 0.0923. The number of hydrogen-bond donors (Lipinski definition) is 0. The van der Waals surface area contributed by atoms with E-state index in [-0.39, 0.29) is 17.3 Å². The van der Waals surface area contributed by atoms with Crippen molar-refractivity contribution in [3.8, 4) is 5.75 Å². The first-order chi connectivity index (χ1) is 23.8. The Morgan fingerprint density at radius 2 is 1.61 bits per heavy atom. The predicted molar refractivity (Wildman–Crippen MR) is 204 cm³/mol. The molecule has 1 aromatic heterocycles. The van der Waals surface area contributed by atoms with Gasteiger partial charge in [0.05, 0.1) is 12.3 Å². The molecule has 1 atom stereocenters. The van der Waals surface area contributed by atoms with Crippen molar-refractivity contribution in [1.82, 2.24) is 4.90 Å². The minimum Gasteiger partial charge on any atom is -0.494 e. The summed E-state index contributed by atoms with van der Waals surface area (Å²) in [5.74, 6) is 0.493. The molecule has 0 spiro atoms. The number of carbonyl (C=O) groups excluding carboxylic acids is 2. The molecule has 0 saturated carbocycles. The zero-order chi connectivity index (χ0) is 34.6. The normalized spacial score (nSPS) is 16.9. The van der Waals surface area contributed by atoms with E-state index >= 15 is 0 Å². The van der Waals surface area contributed by atoms with Gasteiger partial charge in [-0.05, 0) is 67.9 Å². The highest BCUT2D eigenvalue weighted by atomic mass is 32.1. The maximum atomic E-state index is 13.4. The Bertz CT molecular complexity index is 1490. The molecule has 1 fully saturated rings. The van der Waals surface area contributed by atoms with E-state index in [1.54, 1.807) is 4.90 Å². The lowest BCUT2D eigenvalue weighted by Crippen LogP contribution is -2.48. The lowest BCUT2D eigenvalue weighted by molar-refractivity contribution is -0.149. The van der Waals surface area contributed by atoms with E-state index in [9.17, 15) is 9.59 Å². The van der Waals surface area contributed by atoms with Gasteiger partial charge < -0.3 is 14.4 Å². The van der Waals surface area contributed by atoms with Gasteiger partial charge in [-0.2, -0.15) is 0 Å². The van der Waals surface area contributed by atoms with Crippen LogP contribution in [0.15, 0.2) is 47.8 Å². The van der Waals surface area contributed by atoms with Crippen molar-refractivity contribution in [2.24, 2.45) is 0 Å². The van der Waals surface area contributed by atoms with Crippen molar-refractivity contribution in [3.05, 3.63) is 53.4 Å². The van der Waals surface area contributed by atoms with Crippen molar-refractivity contribution in [3.63, 3.8) is 0 Å². The molecule has 49 heavy (non-hydrogen) atoms. The van der Waals surface area contributed by atoms with Gasteiger partial charge in [0, 0.05) is 66.3 Å². The van der Waals surface area contributed by atoms with Gasteiger partial charge in [-0.15, -0.1) is 11.3 Å². The Labute approximate surface area is 298 Å². The molecule has 0 aliphatic carbocycles. The van der Waals surface area contributed by atoms with Crippen molar-refractivity contribution in [2.75, 3.05) is 49.1 Å². The summed E-state index contributed by atoms with van der Waals surface area (Å²) in [5, 5.41) is 3.56. The van der Waals surface area contributed by atoms with Crippen molar-refractivity contribution >= 4 is 44.7 Å². The Hall–Kier alpha value is -3.10. The lowest BCUT2D eigenvalue weighted by Gasteiger charge is -2.41. The van der Waals surface area contributed by atoms with Crippen molar-refractivity contribution < 1.29 is 19.1 Å². The van der Waals surface area contributed by atoms with Gasteiger partial charge >= 0.3 is 5.97 Å². The van der Waals surface area contributed by atoms with Crippen LogP contribution in [0, 0.1) is 0 Å². The summed E-state index contributed by atoms with van der Waals surface area (Å²) in [6, 6.07) is 14.9. The minimum atomic E-state index is -0.665. The van der Waals surface area contributed by atoms with E-state index in [0.717, 1.165) is 81.8 Å². The third kappa shape index (κ3) is 10.2. The number of piperazine rings is 1. The second-order valence-corrected chi connectivity index (χ2v) is 15.6. The summed E-state index contributed by atoms with van der Waals surface area (Å²) >= 11 is 1.81. The van der Waals surface area contributed by atoms with Gasteiger partial charge in [-0.25, -0.2) is 0 Å². The number of anilines is 2. The van der Waals surface area contributed by atoms with Crippen LogP contribution in [0.4, 0.5) is 11.4 Å². The highest BCUT2D eigenvalue weighted by molar-refractivity contribution is 7.17. The summed E-state index contributed by atoms with van der Waals surface area (Å²) in [5.41, 5.74) is 2.93. The summed E-state index contributed by atoms with van der Waals surface area (Å²) in [6.45, 7) is 14.2. The fraction of sp³-hybridized carbons (Fsp3) is 0.610. The second-order valence-electron chi connectivity index (χ2n) is 14.7. The number of unbranched alkanes of at least 4 members (excludes halogenated alkanes) is 9. The van der Waals surface area contributed by atoms with Crippen LogP contribution < -0.4 is 14.5 Å². The van der Waals surface area contributed by atoms with E-state index in [1.165, 1.54) is 54.3 Å². The highest BCUT2D eigenvalue weighted by Crippen LogP contribution is 2.43. The number of carbonyl (C=O) groups is 2. The van der Waals surface area contributed by atoms with Crippen LogP contribution in [0.2, 0.25) is 0 Å². The number of thiophene rings is 1. The number of amides is 1. The summed E-state index contributed by atoms with van der Waals surface area (Å²) in [4.78, 5) is 32.9. The van der Waals surface area contributed by atoms with Crippen LogP contribution in [0.3, 0.4) is 0 Å². The Morgan fingerprint density at radius 1 is 0.878 bits per heavy atom. The van der Waals surface area contributed by atoms with E-state index in [0.29, 0.717) is 19.4 Å². The standard InChI is InChI=1S/C41H59N3O4S/c1-5-6-7-8-9-10-11-12-13-19-40(46)48-32(2)44-37-30-33(20-21-35(37)41(3,4)31-39(44)45)47-28-15-14-23-42-24-26-43(27-25-42)36-17-16-18-38-34(36)22-29-49-38/h16-18,20-22,29-30,32H,5-15,19,23-28,31H2,1-4H3. The van der Waals surface area contributed by atoms with Gasteiger partial charge in [0.25, 0.3) is 0 Å². The van der Waals surface area contributed by atoms with Crippen LogP contribution >= 0.6 is 11.3 Å². The van der Waals surface area contributed by atoms with Crippen LogP contribution in [0.25, 0.3) is 10.1 Å². The molecular formula is C41H59N3O4S. The molecule has 2 aliphatic heterocycles. The summed E-state index contributed by atoms with van der Waals surface area (Å²) < 4.78 is 13.4. The molecule has 268 valence electrons. The van der Waals surface area contributed by atoms with Gasteiger partial charge in [0.1, 0.15) is 5.75 Å². The SMILES string of the molecule is CCCCCCCCCCCC(=O)OC(C)N1C(=O)CC(C)(C)c2ccc(OCCCCN3CCN(c4cccc5sccc45)CC3)cc21. The Kier molecular flexibility index (Phi) is 13.8. The van der Waals surface area contributed by atoms with Gasteiger partial charge in [-0.3, -0.25) is 19.4 Å². The van der Waals surface area contributed by atoms with Crippen molar-refractivity contribution in [1.29, 1.82) is 0 Å². The third-order valence-electron chi connectivity index (χ3n) is 10.3. The zero-order valence-electron chi connectivity index (χ0n) is 30.5. The van der Waals surface area contributed by atoms with E-state index in [1.807, 2.05) is 30.4 Å². The maximum Gasteiger partial charge on any atom is 0.307 e. The van der Waals surface area contributed by atoms with Crippen LogP contribution in [-0.4, -0.2) is 62.3 Å². The number of esters is 1. The molecule has 0 N–H and O–H groups in total. The smallest absolute Gasteiger partial charge is 0.307 e. The third-order valence-corrected chi connectivity index (χ3v) is 11.2. The van der Waals surface area contributed by atoms with E-state index in [4.69, 9.17) is 9.47 Å². The number of benzene rings is 2. The highest BCUT2D eigenvalue weighted by Gasteiger charge is 2.39. The first-order valence-corrected chi connectivity index (χ1v) is 19.9. The molecule has 1 saturated heterocycles. The average Bonchev–Trinajstić information content (AvgIpc) is 3.57. The largest absolute Gasteiger partial charge is 0.494 e. The van der Waals surface area contributed by atoms with Crippen LogP contribution in [0.5, 0.6) is 5.75 Å². The van der Waals surface area contributed by atoms with E-state index in [2.05, 4.69) is 66.3 Å². The predicted octanol–water partition coefficient (Wildman–Crippen LogP) is 9.71. The van der Waals surface area contributed by atoms with Gasteiger partial charge in [0.15, 0.2) is 6.23 Å².